The first-order valence-electron chi connectivity index (χ1n) is 9.55. The highest BCUT2D eigenvalue weighted by molar-refractivity contribution is 5.90. The molecule has 2 aliphatic rings. The lowest BCUT2D eigenvalue weighted by Gasteiger charge is -2.41. The molecule has 0 spiro atoms. The molecule has 5 nitrogen and oxygen atoms in total. The summed E-state index contributed by atoms with van der Waals surface area (Å²) in [6.45, 7) is 18.1. The van der Waals surface area contributed by atoms with E-state index < -0.39 is 0 Å². The van der Waals surface area contributed by atoms with Gasteiger partial charge in [-0.2, -0.15) is 0 Å². The molecule has 0 aromatic rings. The predicted octanol–water partition coefficient (Wildman–Crippen LogP) is 2.49. The fourth-order valence-corrected chi connectivity index (χ4v) is 4.38. The number of hydrogen-bond donors (Lipinski definition) is 2. The lowest BCUT2D eigenvalue weighted by atomic mass is 9.79. The minimum Gasteiger partial charge on any atom is -0.395 e. The standard InChI is InChI=1S/C20H37N3O2/c1-14-17(19(2,3)4)16-12-15(22(8-10-24)9-11-25)13-23(16)18(21-14)20(5,6)7/h14-15,24-25H,8-13H2,1-7H3/t14-,15?/m0/s1. The van der Waals surface area contributed by atoms with Crippen LogP contribution in [0.3, 0.4) is 0 Å². The number of aliphatic hydroxyl groups excluding tert-OH is 2. The molecule has 0 aromatic heterocycles. The van der Waals surface area contributed by atoms with E-state index in [0.717, 1.165) is 13.0 Å². The van der Waals surface area contributed by atoms with Gasteiger partial charge in [-0.05, 0) is 17.9 Å². The van der Waals surface area contributed by atoms with Crippen molar-refractivity contribution in [3.63, 3.8) is 0 Å². The molecule has 2 atom stereocenters. The van der Waals surface area contributed by atoms with Gasteiger partial charge in [-0.1, -0.05) is 41.5 Å². The monoisotopic (exact) mass is 351 g/mol. The van der Waals surface area contributed by atoms with E-state index in [9.17, 15) is 10.2 Å². The summed E-state index contributed by atoms with van der Waals surface area (Å²) in [5.41, 5.74) is 2.91. The molecule has 2 rings (SSSR count). The topological polar surface area (TPSA) is 59.3 Å². The Labute approximate surface area is 153 Å². The van der Waals surface area contributed by atoms with Gasteiger partial charge in [0.25, 0.3) is 0 Å². The highest BCUT2D eigenvalue weighted by atomic mass is 16.3. The molecule has 0 bridgehead atoms. The molecule has 0 radical (unpaired) electrons. The van der Waals surface area contributed by atoms with Gasteiger partial charge in [0.15, 0.2) is 0 Å². The van der Waals surface area contributed by atoms with Crippen LogP contribution < -0.4 is 0 Å². The normalized spacial score (nSPS) is 24.9. The fraction of sp³-hybridized carbons (Fsp3) is 0.850. The number of fused-ring (bicyclic) bond motifs is 1. The first-order valence-corrected chi connectivity index (χ1v) is 9.55. The minimum absolute atomic E-state index is 0.00337. The molecule has 1 saturated heterocycles. The van der Waals surface area contributed by atoms with Crippen LogP contribution >= 0.6 is 0 Å². The second-order valence-electron chi connectivity index (χ2n) is 9.44. The van der Waals surface area contributed by atoms with Crippen molar-refractivity contribution in [2.24, 2.45) is 15.8 Å². The van der Waals surface area contributed by atoms with E-state index >= 15 is 0 Å². The van der Waals surface area contributed by atoms with Crippen LogP contribution in [-0.4, -0.2) is 70.8 Å². The summed E-state index contributed by atoms with van der Waals surface area (Å²) in [5.74, 6) is 1.17. The molecule has 1 fully saturated rings. The van der Waals surface area contributed by atoms with Gasteiger partial charge in [-0.25, -0.2) is 0 Å². The van der Waals surface area contributed by atoms with Gasteiger partial charge in [-0.3, -0.25) is 9.89 Å². The van der Waals surface area contributed by atoms with E-state index in [1.165, 1.54) is 17.1 Å². The lowest BCUT2D eigenvalue weighted by Crippen LogP contribution is -2.45. The van der Waals surface area contributed by atoms with Crippen LogP contribution in [0, 0.1) is 10.8 Å². The molecule has 0 aromatic carbocycles. The third kappa shape index (κ3) is 4.26. The summed E-state index contributed by atoms with van der Waals surface area (Å²) in [4.78, 5) is 9.74. The molecular formula is C20H37N3O2. The Morgan fingerprint density at radius 2 is 1.60 bits per heavy atom. The van der Waals surface area contributed by atoms with Crippen molar-refractivity contribution in [2.75, 3.05) is 32.8 Å². The Morgan fingerprint density at radius 3 is 2.04 bits per heavy atom. The third-order valence-corrected chi connectivity index (χ3v) is 5.22. The molecule has 144 valence electrons. The maximum Gasteiger partial charge on any atom is 0.109 e. The van der Waals surface area contributed by atoms with E-state index in [1.54, 1.807) is 0 Å². The lowest BCUT2D eigenvalue weighted by molar-refractivity contribution is 0.125. The van der Waals surface area contributed by atoms with Crippen molar-refractivity contribution in [3.05, 3.63) is 11.3 Å². The van der Waals surface area contributed by atoms with Crippen molar-refractivity contribution in [1.29, 1.82) is 0 Å². The Balaban J connectivity index is 2.44. The van der Waals surface area contributed by atoms with E-state index in [1.807, 2.05) is 0 Å². The van der Waals surface area contributed by atoms with Crippen molar-refractivity contribution in [3.8, 4) is 0 Å². The minimum atomic E-state index is -0.00337. The van der Waals surface area contributed by atoms with Gasteiger partial charge in [0, 0.05) is 43.2 Å². The van der Waals surface area contributed by atoms with Crippen LogP contribution in [0.4, 0.5) is 0 Å². The van der Waals surface area contributed by atoms with Gasteiger partial charge in [0.05, 0.1) is 19.3 Å². The Morgan fingerprint density at radius 1 is 1.04 bits per heavy atom. The van der Waals surface area contributed by atoms with Gasteiger partial charge in [-0.15, -0.1) is 0 Å². The maximum absolute atomic E-state index is 9.41. The van der Waals surface area contributed by atoms with Crippen LogP contribution in [0.25, 0.3) is 0 Å². The smallest absolute Gasteiger partial charge is 0.109 e. The molecular weight excluding hydrogens is 314 g/mol. The van der Waals surface area contributed by atoms with Crippen LogP contribution in [0.15, 0.2) is 16.3 Å². The number of amidine groups is 1. The maximum atomic E-state index is 9.41. The predicted molar refractivity (Wildman–Crippen MR) is 104 cm³/mol. The van der Waals surface area contributed by atoms with Crippen molar-refractivity contribution >= 4 is 5.84 Å². The highest BCUT2D eigenvalue weighted by Gasteiger charge is 2.43. The van der Waals surface area contributed by atoms with Gasteiger partial charge in [0.2, 0.25) is 0 Å². The Hall–Kier alpha value is -0.910. The number of rotatable bonds is 5. The van der Waals surface area contributed by atoms with Crippen molar-refractivity contribution < 1.29 is 10.2 Å². The SMILES string of the molecule is C[C@@H]1N=C(C(C)(C)C)N2CC(N(CCO)CCO)CC2=C1C(C)(C)C. The molecule has 0 aliphatic carbocycles. The van der Waals surface area contributed by atoms with E-state index in [2.05, 4.69) is 58.3 Å². The molecule has 2 N–H and O–H groups in total. The Kier molecular flexibility index (Phi) is 6.02. The van der Waals surface area contributed by atoms with Crippen LogP contribution in [0.2, 0.25) is 0 Å². The Bertz CT molecular complexity index is 534. The molecule has 5 heteroatoms. The molecule has 0 amide bonds. The molecule has 1 unspecified atom stereocenters. The number of aliphatic imine (C=N–C) groups is 1. The van der Waals surface area contributed by atoms with E-state index in [-0.39, 0.29) is 30.1 Å². The summed E-state index contributed by atoms with van der Waals surface area (Å²) in [5, 5.41) is 18.8. The first kappa shape index (κ1) is 20.4. The zero-order valence-electron chi connectivity index (χ0n) is 17.1. The molecule has 2 aliphatic heterocycles. The molecule has 25 heavy (non-hydrogen) atoms. The zero-order valence-corrected chi connectivity index (χ0v) is 17.1. The van der Waals surface area contributed by atoms with E-state index in [0.29, 0.717) is 19.1 Å². The summed E-state index contributed by atoms with van der Waals surface area (Å²) < 4.78 is 0. The van der Waals surface area contributed by atoms with Gasteiger partial charge >= 0.3 is 0 Å². The summed E-state index contributed by atoms with van der Waals surface area (Å²) in [6, 6.07) is 0.507. The average Bonchev–Trinajstić information content (AvgIpc) is 2.87. The zero-order chi connectivity index (χ0) is 19.0. The molecule has 0 saturated carbocycles. The van der Waals surface area contributed by atoms with E-state index in [4.69, 9.17) is 4.99 Å². The molecule has 2 heterocycles. The first-order chi connectivity index (χ1) is 11.5. The highest BCUT2D eigenvalue weighted by Crippen LogP contribution is 2.43. The third-order valence-electron chi connectivity index (χ3n) is 5.22. The number of nitrogens with zero attached hydrogens (tertiary/aromatic N) is 3. The summed E-state index contributed by atoms with van der Waals surface area (Å²) in [7, 11) is 0. The average molecular weight is 352 g/mol. The van der Waals surface area contributed by atoms with Crippen LogP contribution in [0.5, 0.6) is 0 Å². The number of aliphatic hydroxyl groups is 2. The second kappa shape index (κ2) is 7.37. The fourth-order valence-electron chi connectivity index (χ4n) is 4.38. The largest absolute Gasteiger partial charge is 0.395 e. The summed E-state index contributed by atoms with van der Waals surface area (Å²) in [6.07, 6.45) is 0.964. The number of hydrogen-bond acceptors (Lipinski definition) is 5. The van der Waals surface area contributed by atoms with Crippen molar-refractivity contribution in [2.45, 2.75) is 67.0 Å². The van der Waals surface area contributed by atoms with Crippen LogP contribution in [-0.2, 0) is 0 Å². The summed E-state index contributed by atoms with van der Waals surface area (Å²) >= 11 is 0. The quantitative estimate of drug-likeness (QED) is 0.799. The van der Waals surface area contributed by atoms with Gasteiger partial charge in [0.1, 0.15) is 5.84 Å². The van der Waals surface area contributed by atoms with Crippen molar-refractivity contribution in [1.82, 2.24) is 9.80 Å². The second-order valence-corrected chi connectivity index (χ2v) is 9.44. The van der Waals surface area contributed by atoms with Crippen LogP contribution in [0.1, 0.15) is 54.9 Å². The van der Waals surface area contributed by atoms with Gasteiger partial charge < -0.3 is 15.1 Å².